The highest BCUT2D eigenvalue weighted by Gasteiger charge is 2.18. The molecule has 1 heterocycles. The number of sulfone groups is 1. The van der Waals surface area contributed by atoms with Crippen molar-refractivity contribution in [2.45, 2.75) is 17.9 Å². The highest BCUT2D eigenvalue weighted by Crippen LogP contribution is 2.35. The summed E-state index contributed by atoms with van der Waals surface area (Å²) in [4.78, 5) is 17.2. The van der Waals surface area contributed by atoms with Crippen LogP contribution in [0.2, 0.25) is 0 Å². The summed E-state index contributed by atoms with van der Waals surface area (Å²) >= 11 is 1.22. The lowest BCUT2D eigenvalue weighted by atomic mass is 10.3. The first kappa shape index (κ1) is 23.4. The zero-order valence-electron chi connectivity index (χ0n) is 17.8. The molecule has 0 saturated heterocycles. The topological polar surface area (TPSA) is 96.2 Å². The van der Waals surface area contributed by atoms with Crippen LogP contribution in [0.3, 0.4) is 0 Å². The fourth-order valence-electron chi connectivity index (χ4n) is 3.06. The van der Waals surface area contributed by atoms with Crippen LogP contribution in [0.1, 0.15) is 6.42 Å². The molecule has 0 unspecified atom stereocenters. The molecule has 1 amide bonds. The van der Waals surface area contributed by atoms with Gasteiger partial charge in [0.25, 0.3) is 0 Å². The Hall–Kier alpha value is -3.29. The van der Waals surface area contributed by atoms with Crippen molar-refractivity contribution in [3.63, 3.8) is 0 Å². The van der Waals surface area contributed by atoms with Crippen LogP contribution in [0.15, 0.2) is 46.3 Å². The Bertz CT molecular complexity index is 1350. The molecule has 168 valence electrons. The fraction of sp³-hybridized carbons (Fsp3) is 0.273. The van der Waals surface area contributed by atoms with Crippen molar-refractivity contribution in [3.05, 3.63) is 41.2 Å². The van der Waals surface area contributed by atoms with Gasteiger partial charge in [-0.2, -0.15) is 4.99 Å². The number of carbonyl (C=O) groups is 1. The van der Waals surface area contributed by atoms with Gasteiger partial charge in [-0.1, -0.05) is 17.3 Å². The molecule has 0 bridgehead atoms. The van der Waals surface area contributed by atoms with Crippen molar-refractivity contribution < 1.29 is 27.4 Å². The van der Waals surface area contributed by atoms with Gasteiger partial charge in [0.1, 0.15) is 27.5 Å². The van der Waals surface area contributed by atoms with Gasteiger partial charge in [0, 0.05) is 6.42 Å². The predicted octanol–water partition coefficient (Wildman–Crippen LogP) is 2.65. The minimum Gasteiger partial charge on any atom is -0.497 e. The number of nitrogens with zero attached hydrogens (tertiary/aromatic N) is 2. The van der Waals surface area contributed by atoms with Gasteiger partial charge >= 0.3 is 0 Å². The Morgan fingerprint density at radius 1 is 1.06 bits per heavy atom. The Morgan fingerprint density at radius 2 is 1.72 bits per heavy atom. The zero-order chi connectivity index (χ0) is 23.3. The molecule has 0 aliphatic heterocycles. The highest BCUT2D eigenvalue weighted by molar-refractivity contribution is 7.91. The number of hydrogen-bond donors (Lipinski definition) is 0. The maximum Gasteiger partial charge on any atom is 0.249 e. The summed E-state index contributed by atoms with van der Waals surface area (Å²) in [5.41, 5.74) is 0.659. The first-order valence-electron chi connectivity index (χ1n) is 9.46. The second kappa shape index (κ2) is 9.89. The molecule has 0 aliphatic carbocycles. The lowest BCUT2D eigenvalue weighted by molar-refractivity contribution is -0.117. The zero-order valence-corrected chi connectivity index (χ0v) is 19.5. The number of thiazole rings is 1. The molecule has 0 saturated carbocycles. The van der Waals surface area contributed by atoms with Gasteiger partial charge in [0.15, 0.2) is 14.6 Å². The smallest absolute Gasteiger partial charge is 0.249 e. The number of rotatable bonds is 8. The van der Waals surface area contributed by atoms with Crippen molar-refractivity contribution in [2.75, 3.05) is 27.1 Å². The Morgan fingerprint density at radius 3 is 2.31 bits per heavy atom. The van der Waals surface area contributed by atoms with Gasteiger partial charge in [0.2, 0.25) is 5.91 Å². The van der Waals surface area contributed by atoms with Gasteiger partial charge in [-0.15, -0.1) is 6.42 Å². The number of fused-ring (bicyclic) bond motifs is 1. The molecular formula is C22H22N2O6S2. The van der Waals surface area contributed by atoms with Gasteiger partial charge in [-0.3, -0.25) is 4.79 Å². The molecule has 2 aromatic carbocycles. The van der Waals surface area contributed by atoms with Crippen LogP contribution in [0, 0.1) is 12.3 Å². The van der Waals surface area contributed by atoms with Crippen molar-refractivity contribution in [3.8, 4) is 29.6 Å². The standard InChI is InChI=1S/C22H22N2O6S2/c1-5-13-24-20-17(29-3)10-11-18(30-4)21(20)31-22(24)23-19(25)12-14-32(26,27)16-8-6-15(28-2)7-9-16/h1,6-11H,12-14H2,2-4H3. The molecule has 0 radical (unpaired) electrons. The van der Waals surface area contributed by atoms with E-state index in [0.717, 1.165) is 4.70 Å². The number of amides is 1. The second-order valence-corrected chi connectivity index (χ2v) is 9.66. The SMILES string of the molecule is C#CCn1c(=NC(=O)CCS(=O)(=O)c2ccc(OC)cc2)sc2c(OC)ccc(OC)c21. The van der Waals surface area contributed by atoms with E-state index in [1.54, 1.807) is 35.9 Å². The van der Waals surface area contributed by atoms with Gasteiger partial charge in [-0.25, -0.2) is 8.42 Å². The molecule has 32 heavy (non-hydrogen) atoms. The number of ether oxygens (including phenoxy) is 3. The van der Waals surface area contributed by atoms with Gasteiger partial charge in [-0.05, 0) is 36.4 Å². The molecule has 8 nitrogen and oxygen atoms in total. The van der Waals surface area contributed by atoms with Gasteiger partial charge < -0.3 is 18.8 Å². The fourth-order valence-corrected chi connectivity index (χ4v) is 5.45. The molecule has 0 aliphatic rings. The predicted molar refractivity (Wildman–Crippen MR) is 122 cm³/mol. The third-order valence-corrected chi connectivity index (χ3v) is 7.49. The lowest BCUT2D eigenvalue weighted by Gasteiger charge is -2.08. The van der Waals surface area contributed by atoms with Crippen LogP contribution >= 0.6 is 11.3 Å². The van der Waals surface area contributed by atoms with E-state index in [1.165, 1.54) is 37.7 Å². The van der Waals surface area contributed by atoms with Crippen LogP contribution in [0.5, 0.6) is 17.2 Å². The monoisotopic (exact) mass is 474 g/mol. The van der Waals surface area contributed by atoms with E-state index in [1.807, 2.05) is 0 Å². The molecule has 1 aromatic heterocycles. The van der Waals surface area contributed by atoms with Crippen molar-refractivity contribution in [2.24, 2.45) is 4.99 Å². The largest absolute Gasteiger partial charge is 0.497 e. The molecule has 0 spiro atoms. The average molecular weight is 475 g/mol. The summed E-state index contributed by atoms with van der Waals surface area (Å²) < 4.78 is 43.4. The number of aromatic nitrogens is 1. The summed E-state index contributed by atoms with van der Waals surface area (Å²) in [6, 6.07) is 9.50. The van der Waals surface area contributed by atoms with Crippen LogP contribution < -0.4 is 19.0 Å². The minimum absolute atomic E-state index is 0.116. The van der Waals surface area contributed by atoms with Crippen LogP contribution in [0.4, 0.5) is 0 Å². The number of hydrogen-bond acceptors (Lipinski definition) is 7. The third kappa shape index (κ3) is 4.79. The molecule has 3 rings (SSSR count). The van der Waals surface area contributed by atoms with Crippen molar-refractivity contribution in [1.82, 2.24) is 4.57 Å². The number of carbonyl (C=O) groups excluding carboxylic acids is 1. The van der Waals surface area contributed by atoms with Crippen LogP contribution in [0.25, 0.3) is 10.2 Å². The lowest BCUT2D eigenvalue weighted by Crippen LogP contribution is -2.18. The molecule has 10 heteroatoms. The maximum absolute atomic E-state index is 12.6. The average Bonchev–Trinajstić information content (AvgIpc) is 3.15. The molecule has 0 fully saturated rings. The highest BCUT2D eigenvalue weighted by atomic mass is 32.2. The number of methoxy groups -OCH3 is 3. The van der Waals surface area contributed by atoms with Crippen LogP contribution in [-0.2, 0) is 21.2 Å². The van der Waals surface area contributed by atoms with E-state index in [-0.39, 0.29) is 23.6 Å². The van der Waals surface area contributed by atoms with E-state index in [2.05, 4.69) is 10.9 Å². The Kier molecular flexibility index (Phi) is 7.22. The Balaban J connectivity index is 1.93. The minimum atomic E-state index is -3.65. The molecular weight excluding hydrogens is 452 g/mol. The van der Waals surface area contributed by atoms with E-state index >= 15 is 0 Å². The first-order chi connectivity index (χ1) is 15.3. The first-order valence-corrected chi connectivity index (χ1v) is 11.9. The summed E-state index contributed by atoms with van der Waals surface area (Å²) in [5, 5.41) is 0. The Labute approximate surface area is 190 Å². The summed E-state index contributed by atoms with van der Waals surface area (Å²) in [6.45, 7) is 0.153. The molecule has 0 atom stereocenters. The summed E-state index contributed by atoms with van der Waals surface area (Å²) in [7, 11) is 0.917. The van der Waals surface area contributed by atoms with Gasteiger partial charge in [0.05, 0.1) is 38.5 Å². The van der Waals surface area contributed by atoms with E-state index in [0.29, 0.717) is 27.6 Å². The molecule has 0 N–H and O–H groups in total. The maximum atomic E-state index is 12.6. The number of terminal acetylenes is 1. The normalized spacial score (nSPS) is 11.9. The molecule has 3 aromatic rings. The number of benzene rings is 2. The van der Waals surface area contributed by atoms with Crippen molar-refractivity contribution in [1.29, 1.82) is 0 Å². The van der Waals surface area contributed by atoms with E-state index in [4.69, 9.17) is 20.6 Å². The van der Waals surface area contributed by atoms with Crippen molar-refractivity contribution >= 4 is 37.3 Å². The second-order valence-electron chi connectivity index (χ2n) is 6.57. The van der Waals surface area contributed by atoms with Crippen LogP contribution in [-0.4, -0.2) is 46.0 Å². The quantitative estimate of drug-likeness (QED) is 0.466. The summed E-state index contributed by atoms with van der Waals surface area (Å²) in [6.07, 6.45) is 5.25. The van der Waals surface area contributed by atoms with E-state index < -0.39 is 15.7 Å². The summed E-state index contributed by atoms with van der Waals surface area (Å²) in [5.74, 6) is 3.30. The third-order valence-electron chi connectivity index (χ3n) is 4.67. The van der Waals surface area contributed by atoms with E-state index in [9.17, 15) is 13.2 Å².